The van der Waals surface area contributed by atoms with Crippen molar-refractivity contribution in [1.82, 2.24) is 30.7 Å². The summed E-state index contributed by atoms with van der Waals surface area (Å²) in [5.74, 6) is -6.80. The number of carbonyl (C=O) groups excluding carboxylic acids is 7. The summed E-state index contributed by atoms with van der Waals surface area (Å²) < 4.78 is 33.9. The van der Waals surface area contributed by atoms with Crippen molar-refractivity contribution in [3.8, 4) is 0 Å². The molecule has 14 nitrogen and oxygen atoms in total. The summed E-state index contributed by atoms with van der Waals surface area (Å²) >= 11 is 0. The Bertz CT molecular complexity index is 1790. The molecule has 288 valence electrons. The third kappa shape index (κ3) is 9.46. The number of amides is 6. The molecule has 0 aliphatic carbocycles. The summed E-state index contributed by atoms with van der Waals surface area (Å²) in [5, 5.41) is 7.70. The van der Waals surface area contributed by atoms with Gasteiger partial charge in [-0.15, -0.1) is 0 Å². The predicted molar refractivity (Wildman–Crippen MR) is 190 cm³/mol. The number of hydrogen-bond acceptors (Lipinski definition) is 8. The molecule has 54 heavy (non-hydrogen) atoms. The van der Waals surface area contributed by atoms with E-state index in [-0.39, 0.29) is 37.9 Å². The molecule has 2 aromatic carbocycles. The smallest absolute Gasteiger partial charge is 0.328 e. The van der Waals surface area contributed by atoms with E-state index in [1.54, 1.807) is 30.3 Å². The Morgan fingerprint density at radius 1 is 0.907 bits per heavy atom. The maximum Gasteiger partial charge on any atom is 0.328 e. The van der Waals surface area contributed by atoms with Crippen molar-refractivity contribution in [3.63, 3.8) is 0 Å². The number of carbonyl (C=O) groups is 7. The van der Waals surface area contributed by atoms with Gasteiger partial charge in [0, 0.05) is 38.7 Å². The van der Waals surface area contributed by atoms with Gasteiger partial charge in [-0.05, 0) is 68.9 Å². The van der Waals surface area contributed by atoms with Gasteiger partial charge in [-0.3, -0.25) is 28.8 Å². The molecule has 3 saturated heterocycles. The molecular formula is C38H44F2N6O8. The van der Waals surface area contributed by atoms with Crippen LogP contribution in [0.4, 0.5) is 8.78 Å². The highest BCUT2D eigenvalue weighted by molar-refractivity contribution is 5.99. The molecule has 0 aromatic heterocycles. The second-order valence-electron chi connectivity index (χ2n) is 13.7. The van der Waals surface area contributed by atoms with Gasteiger partial charge in [-0.25, -0.2) is 13.6 Å². The van der Waals surface area contributed by atoms with E-state index in [1.165, 1.54) is 47.7 Å². The zero-order valence-corrected chi connectivity index (χ0v) is 30.3. The lowest BCUT2D eigenvalue weighted by atomic mass is 10.0. The summed E-state index contributed by atoms with van der Waals surface area (Å²) in [4.78, 5) is 98.8. The predicted octanol–water partition coefficient (Wildman–Crippen LogP) is 1.08. The van der Waals surface area contributed by atoms with Gasteiger partial charge in [0.25, 0.3) is 0 Å². The fourth-order valence-electron chi connectivity index (χ4n) is 6.85. The molecule has 0 unspecified atom stereocenters. The summed E-state index contributed by atoms with van der Waals surface area (Å²) in [7, 11) is 1.41. The van der Waals surface area contributed by atoms with Crippen LogP contribution in [0.1, 0.15) is 50.7 Å². The van der Waals surface area contributed by atoms with Crippen molar-refractivity contribution >= 4 is 47.5 Å². The molecule has 3 aliphatic rings. The Morgan fingerprint density at radius 3 is 2.20 bits per heavy atom. The van der Waals surface area contributed by atoms with Crippen LogP contribution in [0, 0.1) is 11.6 Å². The van der Waals surface area contributed by atoms with E-state index in [4.69, 9.17) is 4.74 Å². The van der Waals surface area contributed by atoms with Crippen molar-refractivity contribution in [1.29, 1.82) is 0 Å². The first-order valence-corrected chi connectivity index (χ1v) is 17.9. The SMILES string of the molecule is C[C@@H]1NC(=O)[C@H](C)N(C)C(=O)[C@@H]2CCCN2C(=O)[C@@H](NC(=O)[C@H](Cc2cc(F)cc(F)c2)NC(=O)C=Cc2ccccc2)COC(=O)[C@@H]2CCCN2C1=O. The molecular weight excluding hydrogens is 706 g/mol. The first kappa shape index (κ1) is 39.5. The molecule has 5 rings (SSSR count). The molecule has 2 aromatic rings. The zero-order valence-electron chi connectivity index (χ0n) is 30.3. The number of fused-ring (bicyclic) bond motifs is 2. The molecule has 3 N–H and O–H groups in total. The van der Waals surface area contributed by atoms with Gasteiger partial charge >= 0.3 is 5.97 Å². The molecule has 3 fully saturated rings. The van der Waals surface area contributed by atoms with E-state index in [1.807, 2.05) is 0 Å². The Labute approximate surface area is 311 Å². The van der Waals surface area contributed by atoms with Crippen LogP contribution in [-0.4, -0.2) is 119 Å². The topological polar surface area (TPSA) is 175 Å². The Balaban J connectivity index is 1.45. The van der Waals surface area contributed by atoms with Gasteiger partial charge in [0.15, 0.2) is 0 Å². The molecule has 0 bridgehead atoms. The third-order valence-corrected chi connectivity index (χ3v) is 9.89. The van der Waals surface area contributed by atoms with Crippen LogP contribution in [0.25, 0.3) is 6.08 Å². The Hall–Kier alpha value is -5.67. The van der Waals surface area contributed by atoms with Crippen molar-refractivity contribution in [3.05, 3.63) is 77.4 Å². The highest BCUT2D eigenvalue weighted by Gasteiger charge is 2.43. The van der Waals surface area contributed by atoms with E-state index < -0.39 is 95.9 Å². The second kappa shape index (κ2) is 17.4. The quantitative estimate of drug-likeness (QED) is 0.279. The van der Waals surface area contributed by atoms with Crippen LogP contribution in [0.15, 0.2) is 54.6 Å². The van der Waals surface area contributed by atoms with Gasteiger partial charge < -0.3 is 35.4 Å². The number of rotatable bonds is 7. The van der Waals surface area contributed by atoms with Crippen molar-refractivity contribution in [2.45, 2.75) is 82.2 Å². The number of benzene rings is 2. The number of nitrogens with zero attached hydrogens (tertiary/aromatic N) is 3. The molecule has 0 saturated carbocycles. The first-order valence-electron chi connectivity index (χ1n) is 17.9. The average Bonchev–Trinajstić information content (AvgIpc) is 3.84. The number of likely N-dealkylation sites (N-methyl/N-ethyl adjacent to an activating group) is 1. The minimum absolute atomic E-state index is 0.0300. The largest absolute Gasteiger partial charge is 0.461 e. The number of ether oxygens (including phenoxy) is 1. The van der Waals surface area contributed by atoms with E-state index in [0.717, 1.165) is 12.1 Å². The number of halogens is 2. The lowest BCUT2D eigenvalue weighted by molar-refractivity contribution is -0.158. The molecule has 0 radical (unpaired) electrons. The normalized spacial score (nSPS) is 24.9. The molecule has 16 heteroatoms. The van der Waals surface area contributed by atoms with Crippen molar-refractivity contribution in [2.24, 2.45) is 0 Å². The van der Waals surface area contributed by atoms with Gasteiger partial charge in [0.2, 0.25) is 35.4 Å². The number of hydrogen-bond donors (Lipinski definition) is 3. The maximum atomic E-state index is 14.2. The van der Waals surface area contributed by atoms with E-state index >= 15 is 0 Å². The number of cyclic esters (lactones) is 1. The molecule has 6 atom stereocenters. The van der Waals surface area contributed by atoms with E-state index in [9.17, 15) is 42.3 Å². The van der Waals surface area contributed by atoms with Crippen molar-refractivity contribution < 1.29 is 47.1 Å². The summed E-state index contributed by atoms with van der Waals surface area (Å²) in [5.41, 5.74) is 0.717. The lowest BCUT2D eigenvalue weighted by Crippen LogP contribution is -2.60. The van der Waals surface area contributed by atoms with Crippen LogP contribution < -0.4 is 16.0 Å². The van der Waals surface area contributed by atoms with E-state index in [0.29, 0.717) is 24.5 Å². The van der Waals surface area contributed by atoms with Gasteiger partial charge in [-0.1, -0.05) is 30.3 Å². The monoisotopic (exact) mass is 750 g/mol. The lowest BCUT2D eigenvalue weighted by Gasteiger charge is -2.34. The van der Waals surface area contributed by atoms with Crippen LogP contribution in [0.3, 0.4) is 0 Å². The summed E-state index contributed by atoms with van der Waals surface area (Å²) in [6.07, 6.45) is 3.67. The first-order chi connectivity index (χ1) is 25.7. The molecule has 3 heterocycles. The fraction of sp³-hybridized carbons (Fsp3) is 0.447. The average molecular weight is 751 g/mol. The number of nitrogens with one attached hydrogen (secondary N) is 3. The maximum absolute atomic E-state index is 14.2. The standard InChI is InChI=1S/C38H44F2N6O8/c1-22-35(50)46-16-8-12-31(46)38(53)54-21-29(36(51)45-15-7-11-30(45)37(52)44(3)23(2)33(48)41-22)43-34(49)28(19-25-17-26(39)20-27(40)18-25)42-32(47)14-13-24-9-5-4-6-10-24/h4-6,9-10,13-14,17-18,20,22-23,28-31H,7-8,11-12,15-16,19,21H2,1-3H3,(H,41,48)(H,42,47)(H,43,49)/t22-,23-,28-,29-,30-,31-/m0/s1. The fourth-order valence-corrected chi connectivity index (χ4v) is 6.85. The van der Waals surface area contributed by atoms with Crippen LogP contribution >= 0.6 is 0 Å². The summed E-state index contributed by atoms with van der Waals surface area (Å²) in [6, 6.07) is 4.32. The Kier molecular flexibility index (Phi) is 12.8. The minimum atomic E-state index is -1.58. The highest BCUT2D eigenvalue weighted by atomic mass is 19.1. The summed E-state index contributed by atoms with van der Waals surface area (Å²) in [6.45, 7) is 2.59. The van der Waals surface area contributed by atoms with E-state index in [2.05, 4.69) is 16.0 Å². The van der Waals surface area contributed by atoms with Crippen LogP contribution in [0.5, 0.6) is 0 Å². The van der Waals surface area contributed by atoms with Crippen LogP contribution in [0.2, 0.25) is 0 Å². The van der Waals surface area contributed by atoms with Gasteiger partial charge in [0.1, 0.15) is 54.5 Å². The highest BCUT2D eigenvalue weighted by Crippen LogP contribution is 2.23. The second-order valence-corrected chi connectivity index (χ2v) is 13.7. The molecule has 0 spiro atoms. The Morgan fingerprint density at radius 2 is 1.54 bits per heavy atom. The van der Waals surface area contributed by atoms with Gasteiger partial charge in [-0.2, -0.15) is 0 Å². The molecule has 3 aliphatic heterocycles. The third-order valence-electron chi connectivity index (χ3n) is 9.89. The zero-order chi connectivity index (χ0) is 39.1. The van der Waals surface area contributed by atoms with Crippen LogP contribution in [-0.2, 0) is 44.7 Å². The minimum Gasteiger partial charge on any atom is -0.461 e. The number of esters is 1. The van der Waals surface area contributed by atoms with Gasteiger partial charge in [0.05, 0.1) is 0 Å². The van der Waals surface area contributed by atoms with Crippen molar-refractivity contribution in [2.75, 3.05) is 26.7 Å². The molecule has 6 amide bonds.